The number of nitrogens with one attached hydrogen (secondary N) is 2. The number of fused-ring (bicyclic) bond motifs is 1. The maximum Gasteiger partial charge on any atom is 0.251 e. The van der Waals surface area contributed by atoms with E-state index in [-0.39, 0.29) is 11.8 Å². The highest BCUT2D eigenvalue weighted by atomic mass is 16.2. The second-order valence-electron chi connectivity index (χ2n) is 6.76. The third-order valence-electron chi connectivity index (χ3n) is 4.83. The molecule has 138 valence electrons. The van der Waals surface area contributed by atoms with E-state index < -0.39 is 0 Å². The summed E-state index contributed by atoms with van der Waals surface area (Å²) in [6.45, 7) is 1.34. The van der Waals surface area contributed by atoms with Gasteiger partial charge in [-0.1, -0.05) is 12.1 Å². The molecule has 2 N–H and O–H groups in total. The minimum atomic E-state index is -0.0982. The van der Waals surface area contributed by atoms with Gasteiger partial charge in [-0.3, -0.25) is 9.59 Å². The molecule has 6 nitrogen and oxygen atoms in total. The Morgan fingerprint density at radius 2 is 1.96 bits per heavy atom. The smallest absolute Gasteiger partial charge is 0.251 e. The van der Waals surface area contributed by atoms with Crippen LogP contribution in [0.4, 0.5) is 5.69 Å². The third-order valence-corrected chi connectivity index (χ3v) is 4.83. The average molecular weight is 362 g/mol. The molecule has 0 bridgehead atoms. The molecule has 1 aliphatic heterocycles. The molecule has 1 aromatic heterocycles. The van der Waals surface area contributed by atoms with Gasteiger partial charge >= 0.3 is 0 Å². The first-order chi connectivity index (χ1) is 13.2. The molecule has 0 spiro atoms. The quantitative estimate of drug-likeness (QED) is 0.662. The number of para-hydroxylation sites is 2. The third kappa shape index (κ3) is 3.84. The van der Waals surface area contributed by atoms with Crippen LogP contribution in [0.1, 0.15) is 35.4 Å². The van der Waals surface area contributed by atoms with Crippen molar-refractivity contribution in [2.45, 2.75) is 25.7 Å². The lowest BCUT2D eigenvalue weighted by Gasteiger charge is -2.15. The van der Waals surface area contributed by atoms with Crippen LogP contribution in [-0.2, 0) is 11.2 Å². The van der Waals surface area contributed by atoms with Gasteiger partial charge in [0.1, 0.15) is 5.82 Å². The van der Waals surface area contributed by atoms with E-state index in [0.29, 0.717) is 18.5 Å². The zero-order valence-electron chi connectivity index (χ0n) is 15.1. The van der Waals surface area contributed by atoms with E-state index in [2.05, 4.69) is 15.3 Å². The van der Waals surface area contributed by atoms with Gasteiger partial charge in [-0.05, 0) is 49.2 Å². The number of nitrogens with zero attached hydrogens (tertiary/aromatic N) is 2. The highest BCUT2D eigenvalue weighted by molar-refractivity contribution is 5.97. The second kappa shape index (κ2) is 7.61. The maximum absolute atomic E-state index is 12.3. The Morgan fingerprint density at radius 1 is 1.15 bits per heavy atom. The van der Waals surface area contributed by atoms with Gasteiger partial charge in [0.15, 0.2) is 0 Å². The van der Waals surface area contributed by atoms with E-state index in [9.17, 15) is 9.59 Å². The predicted molar refractivity (Wildman–Crippen MR) is 105 cm³/mol. The minimum absolute atomic E-state index is 0.0982. The maximum atomic E-state index is 12.3. The first-order valence-corrected chi connectivity index (χ1v) is 9.33. The summed E-state index contributed by atoms with van der Waals surface area (Å²) in [6, 6.07) is 15.2. The molecule has 6 heteroatoms. The molecule has 0 unspecified atom stereocenters. The van der Waals surface area contributed by atoms with Crippen molar-refractivity contribution < 1.29 is 9.59 Å². The fourth-order valence-corrected chi connectivity index (χ4v) is 3.40. The Hall–Kier alpha value is -3.15. The summed E-state index contributed by atoms with van der Waals surface area (Å²) in [5.74, 6) is 0.988. The van der Waals surface area contributed by atoms with Gasteiger partial charge in [0, 0.05) is 37.2 Å². The number of imidazole rings is 1. The van der Waals surface area contributed by atoms with Crippen LogP contribution in [-0.4, -0.2) is 34.9 Å². The van der Waals surface area contributed by atoms with Crippen molar-refractivity contribution in [1.82, 2.24) is 15.3 Å². The molecule has 27 heavy (non-hydrogen) atoms. The molecule has 2 aromatic carbocycles. The van der Waals surface area contributed by atoms with Gasteiger partial charge in [-0.15, -0.1) is 0 Å². The number of rotatable bonds is 6. The monoisotopic (exact) mass is 362 g/mol. The number of anilines is 1. The highest BCUT2D eigenvalue weighted by Crippen LogP contribution is 2.21. The second-order valence-corrected chi connectivity index (χ2v) is 6.76. The van der Waals surface area contributed by atoms with Crippen molar-refractivity contribution in [3.05, 3.63) is 59.9 Å². The van der Waals surface area contributed by atoms with Crippen LogP contribution in [0.15, 0.2) is 48.5 Å². The average Bonchev–Trinajstić information content (AvgIpc) is 3.30. The minimum Gasteiger partial charge on any atom is -0.352 e. The van der Waals surface area contributed by atoms with Crippen molar-refractivity contribution in [3.63, 3.8) is 0 Å². The SMILES string of the molecule is O=C(NCCCc1nc2ccccc2[nH]1)c1ccc(N2CCCC2=O)cc1. The van der Waals surface area contributed by atoms with Crippen LogP contribution in [0.25, 0.3) is 11.0 Å². The van der Waals surface area contributed by atoms with E-state index in [4.69, 9.17) is 0 Å². The van der Waals surface area contributed by atoms with Gasteiger partial charge in [0.2, 0.25) is 5.91 Å². The molecule has 0 radical (unpaired) electrons. The number of hydrogen-bond donors (Lipinski definition) is 2. The van der Waals surface area contributed by atoms with E-state index >= 15 is 0 Å². The van der Waals surface area contributed by atoms with Gasteiger partial charge in [-0.2, -0.15) is 0 Å². The number of carbonyl (C=O) groups excluding carboxylic acids is 2. The van der Waals surface area contributed by atoms with Gasteiger partial charge in [-0.25, -0.2) is 4.98 Å². The van der Waals surface area contributed by atoms with Crippen LogP contribution >= 0.6 is 0 Å². The van der Waals surface area contributed by atoms with Crippen molar-refractivity contribution in [2.24, 2.45) is 0 Å². The molecule has 2 amide bonds. The van der Waals surface area contributed by atoms with Gasteiger partial charge < -0.3 is 15.2 Å². The Kier molecular flexibility index (Phi) is 4.87. The molecular formula is C21H22N4O2. The Labute approximate surface area is 157 Å². The predicted octanol–water partition coefficient (Wildman–Crippen LogP) is 3.05. The summed E-state index contributed by atoms with van der Waals surface area (Å²) in [7, 11) is 0. The number of benzene rings is 2. The molecule has 1 saturated heterocycles. The molecule has 1 aliphatic rings. The molecule has 3 aromatic rings. The fourth-order valence-electron chi connectivity index (χ4n) is 3.40. The standard InChI is InChI=1S/C21H22N4O2/c26-20-8-4-14-25(20)16-11-9-15(10-12-16)21(27)22-13-3-7-19-23-17-5-1-2-6-18(17)24-19/h1-2,5-6,9-12H,3-4,7-8,13-14H2,(H,22,27)(H,23,24). The van der Waals surface area contributed by atoms with Crippen molar-refractivity contribution in [1.29, 1.82) is 0 Å². The number of aryl methyl sites for hydroxylation is 1. The lowest BCUT2D eigenvalue weighted by Crippen LogP contribution is -2.26. The Morgan fingerprint density at radius 3 is 2.70 bits per heavy atom. The van der Waals surface area contributed by atoms with E-state index in [0.717, 1.165) is 48.4 Å². The van der Waals surface area contributed by atoms with Crippen molar-refractivity contribution in [2.75, 3.05) is 18.0 Å². The molecule has 1 fully saturated rings. The van der Waals surface area contributed by atoms with Crippen LogP contribution in [0, 0.1) is 0 Å². The fraction of sp³-hybridized carbons (Fsp3) is 0.286. The molecule has 0 saturated carbocycles. The van der Waals surface area contributed by atoms with Gasteiger partial charge in [0.25, 0.3) is 5.91 Å². The highest BCUT2D eigenvalue weighted by Gasteiger charge is 2.21. The first-order valence-electron chi connectivity index (χ1n) is 9.33. The Bertz CT molecular complexity index is 929. The number of aromatic nitrogens is 2. The zero-order chi connectivity index (χ0) is 18.6. The summed E-state index contributed by atoms with van der Waals surface area (Å²) < 4.78 is 0. The zero-order valence-corrected chi connectivity index (χ0v) is 15.1. The number of hydrogen-bond acceptors (Lipinski definition) is 3. The summed E-state index contributed by atoms with van der Waals surface area (Å²) in [5, 5.41) is 2.94. The molecule has 0 aliphatic carbocycles. The van der Waals surface area contributed by atoms with Crippen LogP contribution < -0.4 is 10.2 Å². The summed E-state index contributed by atoms with van der Waals surface area (Å²) in [6.07, 6.45) is 3.09. The van der Waals surface area contributed by atoms with Crippen molar-refractivity contribution >= 4 is 28.5 Å². The van der Waals surface area contributed by atoms with Crippen LogP contribution in [0.3, 0.4) is 0 Å². The summed E-state index contributed by atoms with van der Waals surface area (Å²) in [5.41, 5.74) is 3.47. The van der Waals surface area contributed by atoms with E-state index in [1.165, 1.54) is 0 Å². The molecule has 0 atom stereocenters. The summed E-state index contributed by atoms with van der Waals surface area (Å²) in [4.78, 5) is 33.7. The molecule has 4 rings (SSSR count). The number of amides is 2. The van der Waals surface area contributed by atoms with Gasteiger partial charge in [0.05, 0.1) is 11.0 Å². The Balaban J connectivity index is 1.27. The normalized spacial score (nSPS) is 14.1. The van der Waals surface area contributed by atoms with Crippen LogP contribution in [0.5, 0.6) is 0 Å². The molecular weight excluding hydrogens is 340 g/mol. The number of carbonyl (C=O) groups is 2. The topological polar surface area (TPSA) is 78.1 Å². The summed E-state index contributed by atoms with van der Waals surface area (Å²) >= 11 is 0. The molecule has 2 heterocycles. The van der Waals surface area contributed by atoms with Crippen molar-refractivity contribution in [3.8, 4) is 0 Å². The first kappa shape index (κ1) is 17.3. The van der Waals surface area contributed by atoms with E-state index in [1.54, 1.807) is 17.0 Å². The number of H-pyrrole nitrogens is 1. The largest absolute Gasteiger partial charge is 0.352 e. The van der Waals surface area contributed by atoms with Crippen LogP contribution in [0.2, 0.25) is 0 Å². The lowest BCUT2D eigenvalue weighted by molar-refractivity contribution is -0.117. The van der Waals surface area contributed by atoms with E-state index in [1.807, 2.05) is 36.4 Å². The lowest BCUT2D eigenvalue weighted by atomic mass is 10.2. The number of aromatic amines is 1.